The van der Waals surface area contributed by atoms with Gasteiger partial charge < -0.3 is 19.5 Å². The lowest BCUT2D eigenvalue weighted by atomic mass is 9.84. The van der Waals surface area contributed by atoms with Crippen LogP contribution in [0.3, 0.4) is 0 Å². The Bertz CT molecular complexity index is 266. The van der Waals surface area contributed by atoms with E-state index < -0.39 is 5.79 Å². The van der Waals surface area contributed by atoms with Crippen LogP contribution in [-0.2, 0) is 14.3 Å². The predicted octanol–water partition coefficient (Wildman–Crippen LogP) is 0.370. The van der Waals surface area contributed by atoms with Gasteiger partial charge in [-0.1, -0.05) is 0 Å². The minimum absolute atomic E-state index is 0.0190. The Labute approximate surface area is 102 Å². The van der Waals surface area contributed by atoms with Gasteiger partial charge in [-0.05, 0) is 12.8 Å². The van der Waals surface area contributed by atoms with E-state index in [1.54, 1.807) is 11.9 Å². The molecule has 98 valence electrons. The van der Waals surface area contributed by atoms with Crippen molar-refractivity contribution in [3.8, 4) is 0 Å². The Morgan fingerprint density at radius 3 is 2.47 bits per heavy atom. The molecule has 1 heterocycles. The Morgan fingerprint density at radius 1 is 1.35 bits per heavy atom. The number of ether oxygens (including phenoxy) is 2. The van der Waals surface area contributed by atoms with Crippen molar-refractivity contribution in [3.63, 3.8) is 0 Å². The van der Waals surface area contributed by atoms with Crippen LogP contribution in [0.25, 0.3) is 0 Å². The van der Waals surface area contributed by atoms with Crippen LogP contribution in [0.4, 0.5) is 0 Å². The molecule has 1 saturated carbocycles. The average molecular weight is 243 g/mol. The molecule has 0 unspecified atom stereocenters. The number of rotatable bonds is 3. The van der Waals surface area contributed by atoms with Crippen molar-refractivity contribution in [1.82, 2.24) is 4.90 Å². The fourth-order valence-corrected chi connectivity index (χ4v) is 2.66. The van der Waals surface area contributed by atoms with E-state index in [2.05, 4.69) is 0 Å². The van der Waals surface area contributed by atoms with E-state index in [0.717, 1.165) is 25.7 Å². The molecule has 0 aromatic carbocycles. The minimum atomic E-state index is -0.396. The predicted molar refractivity (Wildman–Crippen MR) is 61.3 cm³/mol. The van der Waals surface area contributed by atoms with Gasteiger partial charge in [0.15, 0.2) is 5.79 Å². The summed E-state index contributed by atoms with van der Waals surface area (Å²) in [6.07, 6.45) is 3.23. The highest BCUT2D eigenvalue weighted by Crippen LogP contribution is 2.38. The van der Waals surface area contributed by atoms with E-state index in [0.29, 0.717) is 19.8 Å². The maximum Gasteiger partial charge on any atom is 0.225 e. The van der Waals surface area contributed by atoms with Gasteiger partial charge in [-0.2, -0.15) is 0 Å². The van der Waals surface area contributed by atoms with E-state index in [4.69, 9.17) is 14.6 Å². The highest BCUT2D eigenvalue weighted by molar-refractivity contribution is 5.78. The third-order valence-electron chi connectivity index (χ3n) is 3.72. The molecule has 2 fully saturated rings. The molecule has 1 aliphatic heterocycles. The summed E-state index contributed by atoms with van der Waals surface area (Å²) < 4.78 is 11.3. The summed E-state index contributed by atoms with van der Waals surface area (Å²) in [6, 6.07) is 0. The van der Waals surface area contributed by atoms with Crippen LogP contribution >= 0.6 is 0 Å². The summed E-state index contributed by atoms with van der Waals surface area (Å²) in [5.74, 6) is -0.205. The zero-order valence-electron chi connectivity index (χ0n) is 10.4. The topological polar surface area (TPSA) is 59.0 Å². The largest absolute Gasteiger partial charge is 0.395 e. The molecule has 0 aromatic heterocycles. The molecule has 5 heteroatoms. The summed E-state index contributed by atoms with van der Waals surface area (Å²) in [6.45, 7) is 1.77. The first kappa shape index (κ1) is 12.8. The van der Waals surface area contributed by atoms with E-state index >= 15 is 0 Å². The molecule has 1 aliphatic carbocycles. The molecule has 0 aromatic rings. The quantitative estimate of drug-likeness (QED) is 0.778. The second-order valence-electron chi connectivity index (χ2n) is 4.87. The Hall–Kier alpha value is -0.650. The number of nitrogens with zero attached hydrogens (tertiary/aromatic N) is 1. The third kappa shape index (κ3) is 2.78. The van der Waals surface area contributed by atoms with Gasteiger partial charge in [-0.3, -0.25) is 4.79 Å². The van der Waals surface area contributed by atoms with Crippen molar-refractivity contribution in [2.24, 2.45) is 5.92 Å². The van der Waals surface area contributed by atoms with Crippen LogP contribution in [0, 0.1) is 5.92 Å². The number of likely N-dealkylation sites (N-methyl/N-ethyl adjacent to an activating group) is 1. The number of hydrogen-bond donors (Lipinski definition) is 1. The first-order chi connectivity index (χ1) is 8.17. The van der Waals surface area contributed by atoms with Gasteiger partial charge in [0.05, 0.1) is 19.8 Å². The Morgan fingerprint density at radius 2 is 1.94 bits per heavy atom. The average Bonchev–Trinajstić information content (AvgIpc) is 2.78. The first-order valence-corrected chi connectivity index (χ1v) is 6.31. The molecule has 1 saturated heterocycles. The van der Waals surface area contributed by atoms with E-state index in [1.807, 2.05) is 0 Å². The lowest BCUT2D eigenvalue weighted by molar-refractivity contribution is -0.185. The van der Waals surface area contributed by atoms with Crippen molar-refractivity contribution in [2.45, 2.75) is 31.5 Å². The van der Waals surface area contributed by atoms with E-state index in [-0.39, 0.29) is 18.4 Å². The van der Waals surface area contributed by atoms with Crippen molar-refractivity contribution in [2.75, 3.05) is 33.4 Å². The molecule has 2 aliphatic rings. The molecular weight excluding hydrogens is 222 g/mol. The van der Waals surface area contributed by atoms with Crippen LogP contribution in [0.5, 0.6) is 0 Å². The van der Waals surface area contributed by atoms with Crippen LogP contribution in [0.1, 0.15) is 25.7 Å². The zero-order chi connectivity index (χ0) is 12.3. The van der Waals surface area contributed by atoms with Crippen molar-refractivity contribution in [1.29, 1.82) is 0 Å². The van der Waals surface area contributed by atoms with E-state index in [9.17, 15) is 4.79 Å². The molecular formula is C12H21NO4. The Kier molecular flexibility index (Phi) is 4.01. The number of aliphatic hydroxyl groups is 1. The summed E-state index contributed by atoms with van der Waals surface area (Å²) in [7, 11) is 1.74. The maximum absolute atomic E-state index is 12.0. The number of hydrogen-bond acceptors (Lipinski definition) is 4. The van der Waals surface area contributed by atoms with Crippen molar-refractivity contribution < 1.29 is 19.4 Å². The molecule has 1 spiro atoms. The fraction of sp³-hybridized carbons (Fsp3) is 0.917. The van der Waals surface area contributed by atoms with Gasteiger partial charge in [-0.15, -0.1) is 0 Å². The van der Waals surface area contributed by atoms with Gasteiger partial charge in [0.25, 0.3) is 0 Å². The summed E-state index contributed by atoms with van der Waals surface area (Å²) >= 11 is 0. The minimum Gasteiger partial charge on any atom is -0.395 e. The van der Waals surface area contributed by atoms with Crippen LogP contribution in [0.2, 0.25) is 0 Å². The van der Waals surface area contributed by atoms with Crippen LogP contribution in [0.15, 0.2) is 0 Å². The lowest BCUT2D eigenvalue weighted by Gasteiger charge is -2.35. The molecule has 2 rings (SSSR count). The Balaban J connectivity index is 1.84. The molecule has 0 radical (unpaired) electrons. The third-order valence-corrected chi connectivity index (χ3v) is 3.72. The standard InChI is InChI=1S/C12H21NO4/c1-13(6-7-14)11(15)10-2-4-12(5-3-10)16-8-9-17-12/h10,14H,2-9H2,1H3. The highest BCUT2D eigenvalue weighted by Gasteiger charge is 2.42. The summed E-state index contributed by atoms with van der Waals surface area (Å²) in [5.41, 5.74) is 0. The van der Waals surface area contributed by atoms with Gasteiger partial charge in [0, 0.05) is 32.4 Å². The molecule has 0 atom stereocenters. The van der Waals surface area contributed by atoms with Crippen LogP contribution < -0.4 is 0 Å². The van der Waals surface area contributed by atoms with Gasteiger partial charge >= 0.3 is 0 Å². The number of carbonyl (C=O) groups excluding carboxylic acids is 1. The summed E-state index contributed by atoms with van der Waals surface area (Å²) in [5, 5.41) is 8.82. The number of aliphatic hydroxyl groups excluding tert-OH is 1. The second-order valence-corrected chi connectivity index (χ2v) is 4.87. The van der Waals surface area contributed by atoms with Gasteiger partial charge in [-0.25, -0.2) is 0 Å². The molecule has 1 amide bonds. The maximum atomic E-state index is 12.0. The molecule has 5 nitrogen and oxygen atoms in total. The van der Waals surface area contributed by atoms with Gasteiger partial charge in [0.2, 0.25) is 5.91 Å². The number of amides is 1. The first-order valence-electron chi connectivity index (χ1n) is 6.31. The highest BCUT2D eigenvalue weighted by atomic mass is 16.7. The van der Waals surface area contributed by atoms with Gasteiger partial charge in [0.1, 0.15) is 0 Å². The zero-order valence-corrected chi connectivity index (χ0v) is 10.4. The SMILES string of the molecule is CN(CCO)C(=O)C1CCC2(CC1)OCCO2. The van der Waals surface area contributed by atoms with Crippen molar-refractivity contribution in [3.05, 3.63) is 0 Å². The normalized spacial score (nSPS) is 24.1. The monoisotopic (exact) mass is 243 g/mol. The lowest BCUT2D eigenvalue weighted by Crippen LogP contribution is -2.41. The van der Waals surface area contributed by atoms with Crippen LogP contribution in [-0.4, -0.2) is 55.1 Å². The van der Waals surface area contributed by atoms with E-state index in [1.165, 1.54) is 0 Å². The molecule has 1 N–H and O–H groups in total. The molecule has 17 heavy (non-hydrogen) atoms. The number of carbonyl (C=O) groups is 1. The fourth-order valence-electron chi connectivity index (χ4n) is 2.66. The molecule has 0 bridgehead atoms. The smallest absolute Gasteiger partial charge is 0.225 e. The second kappa shape index (κ2) is 5.33. The summed E-state index contributed by atoms with van der Waals surface area (Å²) in [4.78, 5) is 13.6. The van der Waals surface area contributed by atoms with Crippen molar-refractivity contribution >= 4 is 5.91 Å².